The molecule has 0 aliphatic heterocycles. The zero-order valence-electron chi connectivity index (χ0n) is 10.9. The van der Waals surface area contributed by atoms with Gasteiger partial charge in [0, 0.05) is 11.6 Å². The van der Waals surface area contributed by atoms with Crippen molar-refractivity contribution in [2.24, 2.45) is 5.92 Å². The molecule has 19 heavy (non-hydrogen) atoms. The predicted molar refractivity (Wildman–Crippen MR) is 78.0 cm³/mol. The van der Waals surface area contributed by atoms with Crippen LogP contribution in [0, 0.1) is 5.92 Å². The zero-order valence-corrected chi connectivity index (χ0v) is 12.5. The maximum Gasteiger partial charge on any atom is 0.299 e. The number of hydrogen-bond donors (Lipinski definition) is 1. The van der Waals surface area contributed by atoms with Crippen LogP contribution in [0.1, 0.15) is 18.9 Å². The van der Waals surface area contributed by atoms with Crippen LogP contribution in [0.15, 0.2) is 24.3 Å². The number of nitrogens with zero attached hydrogens (tertiary/aromatic N) is 2. The molecule has 0 radical (unpaired) electrons. The molecule has 0 amide bonds. The summed E-state index contributed by atoms with van der Waals surface area (Å²) < 4.78 is 5.60. The van der Waals surface area contributed by atoms with Crippen LogP contribution >= 0.6 is 22.9 Å². The lowest BCUT2D eigenvalue weighted by molar-refractivity contribution is 0.473. The SMILES string of the molecule is CC(C)CNCc1nnc(Oc2cccc(Cl)c2)s1. The van der Waals surface area contributed by atoms with Gasteiger partial charge >= 0.3 is 0 Å². The quantitative estimate of drug-likeness (QED) is 0.882. The Labute approximate surface area is 121 Å². The fourth-order valence-corrected chi connectivity index (χ4v) is 2.31. The van der Waals surface area contributed by atoms with E-state index in [1.54, 1.807) is 12.1 Å². The van der Waals surface area contributed by atoms with Crippen LogP contribution in [-0.2, 0) is 6.54 Å². The molecule has 0 unspecified atom stereocenters. The van der Waals surface area contributed by atoms with Crippen molar-refractivity contribution in [3.8, 4) is 10.9 Å². The molecule has 1 N–H and O–H groups in total. The van der Waals surface area contributed by atoms with Gasteiger partial charge in [-0.05, 0) is 30.7 Å². The Kier molecular flexibility index (Phi) is 5.13. The maximum atomic E-state index is 5.89. The lowest BCUT2D eigenvalue weighted by Crippen LogP contribution is -2.18. The van der Waals surface area contributed by atoms with Crippen molar-refractivity contribution in [1.82, 2.24) is 15.5 Å². The number of ether oxygens (including phenoxy) is 1. The van der Waals surface area contributed by atoms with Crippen molar-refractivity contribution >= 4 is 22.9 Å². The number of nitrogens with one attached hydrogen (secondary N) is 1. The Morgan fingerprint density at radius 3 is 2.95 bits per heavy atom. The lowest BCUT2D eigenvalue weighted by atomic mass is 10.2. The molecule has 1 aromatic carbocycles. The van der Waals surface area contributed by atoms with E-state index in [9.17, 15) is 0 Å². The van der Waals surface area contributed by atoms with Crippen LogP contribution in [0.5, 0.6) is 10.9 Å². The number of rotatable bonds is 6. The van der Waals surface area contributed by atoms with Gasteiger partial charge in [-0.1, -0.05) is 48.0 Å². The Morgan fingerprint density at radius 1 is 1.37 bits per heavy atom. The number of hydrogen-bond acceptors (Lipinski definition) is 5. The maximum absolute atomic E-state index is 5.89. The van der Waals surface area contributed by atoms with Gasteiger partial charge in [-0.25, -0.2) is 0 Å². The molecule has 0 atom stereocenters. The highest BCUT2D eigenvalue weighted by atomic mass is 35.5. The van der Waals surface area contributed by atoms with Gasteiger partial charge < -0.3 is 10.1 Å². The molecule has 1 aromatic heterocycles. The second-order valence-electron chi connectivity index (χ2n) is 4.55. The minimum absolute atomic E-state index is 0.531. The molecule has 0 fully saturated rings. The standard InChI is InChI=1S/C13H16ClN3OS/c1-9(2)7-15-8-12-16-17-13(19-12)18-11-5-3-4-10(14)6-11/h3-6,9,15H,7-8H2,1-2H3. The first-order valence-electron chi connectivity index (χ1n) is 6.10. The van der Waals surface area contributed by atoms with Crippen molar-refractivity contribution in [3.05, 3.63) is 34.3 Å². The normalized spacial score (nSPS) is 10.9. The lowest BCUT2D eigenvalue weighted by Gasteiger charge is -2.04. The van der Waals surface area contributed by atoms with Crippen LogP contribution < -0.4 is 10.1 Å². The molecule has 2 rings (SSSR count). The summed E-state index contributed by atoms with van der Waals surface area (Å²) in [7, 11) is 0. The Bertz CT molecular complexity index is 530. The van der Waals surface area contributed by atoms with E-state index in [2.05, 4.69) is 29.4 Å². The highest BCUT2D eigenvalue weighted by Crippen LogP contribution is 2.26. The minimum atomic E-state index is 0.531. The summed E-state index contributed by atoms with van der Waals surface area (Å²) in [4.78, 5) is 0. The topological polar surface area (TPSA) is 47.0 Å². The average Bonchev–Trinajstić information content (AvgIpc) is 2.76. The number of halogens is 1. The van der Waals surface area contributed by atoms with E-state index in [1.807, 2.05) is 12.1 Å². The molecule has 6 heteroatoms. The zero-order chi connectivity index (χ0) is 13.7. The summed E-state index contributed by atoms with van der Waals surface area (Å²) in [6.07, 6.45) is 0. The van der Waals surface area contributed by atoms with Gasteiger partial charge in [-0.3, -0.25) is 0 Å². The van der Waals surface area contributed by atoms with Crippen LogP contribution in [0.2, 0.25) is 5.02 Å². The van der Waals surface area contributed by atoms with Gasteiger partial charge in [0.05, 0.1) is 0 Å². The molecule has 0 saturated carbocycles. The van der Waals surface area contributed by atoms with Gasteiger partial charge in [-0.15, -0.1) is 5.10 Å². The first kappa shape index (κ1) is 14.2. The van der Waals surface area contributed by atoms with Crippen LogP contribution in [0.3, 0.4) is 0 Å². The largest absolute Gasteiger partial charge is 0.430 e. The molecule has 2 aromatic rings. The monoisotopic (exact) mass is 297 g/mol. The van der Waals surface area contributed by atoms with E-state index in [0.29, 0.717) is 21.9 Å². The molecule has 0 aliphatic rings. The third kappa shape index (κ3) is 4.78. The summed E-state index contributed by atoms with van der Waals surface area (Å²) in [6.45, 7) is 6.01. The van der Waals surface area contributed by atoms with Gasteiger partial charge in [0.2, 0.25) is 0 Å². The molecular formula is C13H16ClN3OS. The fraction of sp³-hybridized carbons (Fsp3) is 0.385. The molecule has 1 heterocycles. The van der Waals surface area contributed by atoms with E-state index in [0.717, 1.165) is 18.1 Å². The van der Waals surface area contributed by atoms with Gasteiger partial charge in [0.15, 0.2) is 0 Å². The Balaban J connectivity index is 1.90. The highest BCUT2D eigenvalue weighted by molar-refractivity contribution is 7.13. The Hall–Kier alpha value is -1.17. The first-order valence-corrected chi connectivity index (χ1v) is 7.29. The predicted octanol–water partition coefficient (Wildman–Crippen LogP) is 3.73. The fourth-order valence-electron chi connectivity index (χ4n) is 1.45. The number of benzene rings is 1. The molecule has 102 valence electrons. The van der Waals surface area contributed by atoms with Gasteiger partial charge in [0.1, 0.15) is 10.8 Å². The third-order valence-electron chi connectivity index (χ3n) is 2.28. The summed E-state index contributed by atoms with van der Waals surface area (Å²) in [5.74, 6) is 1.29. The molecule has 0 aliphatic carbocycles. The molecule has 4 nitrogen and oxygen atoms in total. The second-order valence-corrected chi connectivity index (χ2v) is 6.01. The van der Waals surface area contributed by atoms with Crippen LogP contribution in [-0.4, -0.2) is 16.7 Å². The molecule has 0 spiro atoms. The molecule has 0 saturated heterocycles. The van der Waals surface area contributed by atoms with Crippen molar-refractivity contribution in [2.75, 3.05) is 6.54 Å². The van der Waals surface area contributed by atoms with E-state index >= 15 is 0 Å². The van der Waals surface area contributed by atoms with Crippen molar-refractivity contribution < 1.29 is 4.74 Å². The Morgan fingerprint density at radius 2 is 2.21 bits per heavy atom. The van der Waals surface area contributed by atoms with Crippen molar-refractivity contribution in [3.63, 3.8) is 0 Å². The average molecular weight is 298 g/mol. The number of aromatic nitrogens is 2. The third-order valence-corrected chi connectivity index (χ3v) is 3.31. The van der Waals surface area contributed by atoms with E-state index in [-0.39, 0.29) is 0 Å². The molecular weight excluding hydrogens is 282 g/mol. The summed E-state index contributed by atoms with van der Waals surface area (Å²) in [5.41, 5.74) is 0. The van der Waals surface area contributed by atoms with Crippen molar-refractivity contribution in [1.29, 1.82) is 0 Å². The van der Waals surface area contributed by atoms with E-state index in [4.69, 9.17) is 16.3 Å². The van der Waals surface area contributed by atoms with E-state index < -0.39 is 0 Å². The van der Waals surface area contributed by atoms with Crippen molar-refractivity contribution in [2.45, 2.75) is 20.4 Å². The highest BCUT2D eigenvalue weighted by Gasteiger charge is 2.06. The smallest absolute Gasteiger partial charge is 0.299 e. The summed E-state index contributed by atoms with van der Waals surface area (Å²) in [6, 6.07) is 7.23. The summed E-state index contributed by atoms with van der Waals surface area (Å²) >= 11 is 7.33. The van der Waals surface area contributed by atoms with Gasteiger partial charge in [0.25, 0.3) is 5.19 Å². The van der Waals surface area contributed by atoms with E-state index in [1.165, 1.54) is 11.3 Å². The summed E-state index contributed by atoms with van der Waals surface area (Å²) in [5, 5.41) is 13.5. The molecule has 0 bridgehead atoms. The first-order chi connectivity index (χ1) is 9.13. The second kappa shape index (κ2) is 6.84. The van der Waals surface area contributed by atoms with Gasteiger partial charge in [-0.2, -0.15) is 0 Å². The van der Waals surface area contributed by atoms with Crippen LogP contribution in [0.4, 0.5) is 0 Å². The van der Waals surface area contributed by atoms with Crippen LogP contribution in [0.25, 0.3) is 0 Å². The minimum Gasteiger partial charge on any atom is -0.430 e.